The van der Waals surface area contributed by atoms with Gasteiger partial charge in [-0.05, 0) is 48.5 Å². The molecule has 0 unspecified atom stereocenters. The van der Waals surface area contributed by atoms with Gasteiger partial charge in [0, 0.05) is 27.8 Å². The Bertz CT molecular complexity index is 1720. The molecule has 186 valence electrons. The molecule has 0 saturated heterocycles. The van der Waals surface area contributed by atoms with E-state index in [9.17, 15) is 27.2 Å². The summed E-state index contributed by atoms with van der Waals surface area (Å²) in [6.07, 6.45) is 1.49. The number of halogens is 1. The lowest BCUT2D eigenvalue weighted by molar-refractivity contribution is 0.0948. The molecule has 4 aromatic rings. The van der Waals surface area contributed by atoms with E-state index in [1.807, 2.05) is 0 Å². The summed E-state index contributed by atoms with van der Waals surface area (Å²) in [6, 6.07) is 13.7. The van der Waals surface area contributed by atoms with Crippen LogP contribution in [-0.4, -0.2) is 31.1 Å². The number of anilines is 1. The van der Waals surface area contributed by atoms with Crippen LogP contribution in [0.4, 0.5) is 10.1 Å². The van der Waals surface area contributed by atoms with Crippen molar-refractivity contribution in [2.75, 3.05) is 5.32 Å². The van der Waals surface area contributed by atoms with Crippen molar-refractivity contribution in [2.45, 2.75) is 16.3 Å². The normalized spacial score (nSPS) is 13.6. The Morgan fingerprint density at radius 3 is 2.51 bits per heavy atom. The van der Waals surface area contributed by atoms with Crippen LogP contribution in [0.1, 0.15) is 36.0 Å². The predicted octanol–water partition coefficient (Wildman–Crippen LogP) is 3.38. The van der Waals surface area contributed by atoms with Crippen LogP contribution in [0.2, 0.25) is 0 Å². The summed E-state index contributed by atoms with van der Waals surface area (Å²) in [4.78, 5) is 41.2. The Balaban J connectivity index is 1.34. The lowest BCUT2D eigenvalue weighted by atomic mass is 10.1. The molecule has 1 aliphatic rings. The fourth-order valence-electron chi connectivity index (χ4n) is 3.82. The van der Waals surface area contributed by atoms with Crippen molar-refractivity contribution in [1.82, 2.24) is 10.3 Å². The van der Waals surface area contributed by atoms with Gasteiger partial charge in [0.2, 0.25) is 15.7 Å². The van der Waals surface area contributed by atoms with Crippen molar-refractivity contribution < 1.29 is 27.2 Å². The van der Waals surface area contributed by atoms with Crippen LogP contribution in [0.25, 0.3) is 10.6 Å². The Hall–Kier alpha value is -4.42. The number of thiazole rings is 1. The summed E-state index contributed by atoms with van der Waals surface area (Å²) in [7, 11) is -3.98. The molecule has 0 bridgehead atoms. The molecular formula is C25H17FN4O5S2. The summed E-state index contributed by atoms with van der Waals surface area (Å²) in [6.45, 7) is 0.0741. The molecule has 1 aromatic heterocycles. The molecule has 0 spiro atoms. The van der Waals surface area contributed by atoms with Crippen LogP contribution in [-0.2, 0) is 16.4 Å². The molecule has 1 aliphatic heterocycles. The van der Waals surface area contributed by atoms with Gasteiger partial charge >= 0.3 is 0 Å². The number of benzene rings is 3. The summed E-state index contributed by atoms with van der Waals surface area (Å²) in [5.41, 5.74) is 5.56. The quantitative estimate of drug-likeness (QED) is 0.356. The zero-order valence-electron chi connectivity index (χ0n) is 18.8. The molecule has 2 heterocycles. The topological polar surface area (TPSA) is 148 Å². The number of hydrogen-bond donors (Lipinski definition) is 3. The Morgan fingerprint density at radius 2 is 1.76 bits per heavy atom. The molecule has 37 heavy (non-hydrogen) atoms. The number of primary amides is 1. The number of amides is 3. The van der Waals surface area contributed by atoms with Crippen LogP contribution in [0, 0.1) is 5.82 Å². The third-order valence-electron chi connectivity index (χ3n) is 5.66. The molecule has 4 N–H and O–H groups in total. The molecule has 0 fully saturated rings. The van der Waals surface area contributed by atoms with Gasteiger partial charge in [-0.25, -0.2) is 17.8 Å². The van der Waals surface area contributed by atoms with Crippen molar-refractivity contribution in [3.63, 3.8) is 0 Å². The number of aromatic nitrogens is 1. The van der Waals surface area contributed by atoms with E-state index in [1.54, 1.807) is 6.07 Å². The minimum atomic E-state index is -3.98. The van der Waals surface area contributed by atoms with Gasteiger partial charge in [0.25, 0.3) is 11.8 Å². The number of nitrogens with one attached hydrogen (secondary N) is 2. The highest BCUT2D eigenvalue weighted by molar-refractivity contribution is 7.91. The average molecular weight is 537 g/mol. The maximum atomic E-state index is 14.4. The van der Waals surface area contributed by atoms with Crippen molar-refractivity contribution in [3.8, 4) is 10.6 Å². The number of carbonyl (C=O) groups excluding carboxylic acids is 3. The number of nitrogens with zero attached hydrogens (tertiary/aromatic N) is 1. The van der Waals surface area contributed by atoms with E-state index >= 15 is 0 Å². The highest BCUT2D eigenvalue weighted by Gasteiger charge is 2.31. The highest BCUT2D eigenvalue weighted by Crippen LogP contribution is 2.34. The summed E-state index contributed by atoms with van der Waals surface area (Å²) < 4.78 is 40.6. The zero-order chi connectivity index (χ0) is 26.3. The third kappa shape index (κ3) is 4.47. The van der Waals surface area contributed by atoms with Gasteiger partial charge in [-0.3, -0.25) is 14.4 Å². The van der Waals surface area contributed by atoms with E-state index < -0.39 is 33.4 Å². The number of hydrogen-bond acceptors (Lipinski definition) is 7. The van der Waals surface area contributed by atoms with Crippen LogP contribution in [0.3, 0.4) is 0 Å². The van der Waals surface area contributed by atoms with E-state index in [-0.39, 0.29) is 44.3 Å². The molecule has 12 heteroatoms. The second kappa shape index (κ2) is 9.22. The zero-order valence-corrected chi connectivity index (χ0v) is 20.5. The maximum Gasteiger partial charge on any atom is 0.257 e. The van der Waals surface area contributed by atoms with Crippen molar-refractivity contribution in [1.29, 1.82) is 0 Å². The molecular weight excluding hydrogens is 519 g/mol. The number of nitrogens with two attached hydrogens (primary N) is 1. The summed E-state index contributed by atoms with van der Waals surface area (Å²) in [5.74, 6) is -2.50. The van der Waals surface area contributed by atoms with Crippen LogP contribution >= 0.6 is 11.3 Å². The fraction of sp³-hybridized carbons (Fsp3) is 0.0400. The molecule has 3 amide bonds. The van der Waals surface area contributed by atoms with Crippen molar-refractivity contribution in [3.05, 3.63) is 94.2 Å². The SMILES string of the molecule is NC(=O)c1ccc(-c2ncc(CNC(=O)c3ccc4c(c3)NC(=O)c3ccccc3S4(=O)=O)s2)c(F)c1. The molecule has 3 aromatic carbocycles. The lowest BCUT2D eigenvalue weighted by Gasteiger charge is -2.10. The average Bonchev–Trinajstić information content (AvgIpc) is 3.32. The number of carbonyl (C=O) groups is 3. The van der Waals surface area contributed by atoms with E-state index in [0.29, 0.717) is 9.88 Å². The van der Waals surface area contributed by atoms with Gasteiger partial charge in [0.15, 0.2) is 0 Å². The summed E-state index contributed by atoms with van der Waals surface area (Å²) in [5, 5.41) is 5.63. The van der Waals surface area contributed by atoms with E-state index in [4.69, 9.17) is 5.73 Å². The molecule has 0 atom stereocenters. The van der Waals surface area contributed by atoms with Gasteiger partial charge < -0.3 is 16.4 Å². The number of fused-ring (bicyclic) bond motifs is 2. The molecule has 0 aliphatic carbocycles. The van der Waals surface area contributed by atoms with E-state index in [2.05, 4.69) is 15.6 Å². The number of sulfone groups is 1. The Morgan fingerprint density at radius 1 is 1.00 bits per heavy atom. The van der Waals surface area contributed by atoms with E-state index in [0.717, 1.165) is 17.4 Å². The highest BCUT2D eigenvalue weighted by atomic mass is 32.2. The first kappa shape index (κ1) is 24.3. The van der Waals surface area contributed by atoms with Crippen LogP contribution in [0.15, 0.2) is 76.7 Å². The largest absolute Gasteiger partial charge is 0.366 e. The standard InChI is InChI=1S/C25H17FN4O5S2/c26-18-9-13(22(27)31)5-7-16(18)25-29-12-15(36-25)11-28-23(32)14-6-8-21-19(10-14)30-24(33)17-3-1-2-4-20(17)37(21,34)35/h1-10,12H,11H2,(H2,27,31)(H,28,32)(H,30,33). The smallest absolute Gasteiger partial charge is 0.257 e. The predicted molar refractivity (Wildman–Crippen MR) is 133 cm³/mol. The second-order valence-corrected chi connectivity index (χ2v) is 11.0. The van der Waals surface area contributed by atoms with Gasteiger partial charge in [0.1, 0.15) is 10.8 Å². The van der Waals surface area contributed by atoms with Crippen LogP contribution < -0.4 is 16.4 Å². The lowest BCUT2D eigenvalue weighted by Crippen LogP contribution is -2.22. The monoisotopic (exact) mass is 536 g/mol. The van der Waals surface area contributed by atoms with Gasteiger partial charge in [-0.2, -0.15) is 0 Å². The van der Waals surface area contributed by atoms with E-state index in [1.165, 1.54) is 54.7 Å². The third-order valence-corrected chi connectivity index (χ3v) is 8.56. The molecule has 9 nitrogen and oxygen atoms in total. The first-order valence-electron chi connectivity index (χ1n) is 10.8. The van der Waals surface area contributed by atoms with Crippen molar-refractivity contribution >= 4 is 44.6 Å². The minimum Gasteiger partial charge on any atom is -0.366 e. The first-order chi connectivity index (χ1) is 17.6. The maximum absolute atomic E-state index is 14.4. The van der Waals surface area contributed by atoms with Gasteiger partial charge in [0.05, 0.1) is 27.6 Å². The Kier molecular flexibility index (Phi) is 6.05. The number of rotatable bonds is 5. The second-order valence-electron chi connectivity index (χ2n) is 8.04. The van der Waals surface area contributed by atoms with Gasteiger partial charge in [-0.1, -0.05) is 12.1 Å². The van der Waals surface area contributed by atoms with Crippen molar-refractivity contribution in [2.24, 2.45) is 5.73 Å². The molecule has 0 saturated carbocycles. The Labute approximate surface area is 214 Å². The summed E-state index contributed by atoms with van der Waals surface area (Å²) >= 11 is 1.15. The first-order valence-corrected chi connectivity index (χ1v) is 13.1. The van der Waals surface area contributed by atoms with Crippen LogP contribution in [0.5, 0.6) is 0 Å². The fourth-order valence-corrected chi connectivity index (χ4v) is 6.30. The van der Waals surface area contributed by atoms with Gasteiger partial charge in [-0.15, -0.1) is 11.3 Å². The molecule has 0 radical (unpaired) electrons. The minimum absolute atomic E-state index is 0.00353. The molecule has 5 rings (SSSR count).